The Morgan fingerprint density at radius 2 is 1.97 bits per heavy atom. The Morgan fingerprint density at radius 3 is 2.64 bits per heavy atom. The van der Waals surface area contributed by atoms with Crippen LogP contribution in [0, 0.1) is 31.2 Å². The van der Waals surface area contributed by atoms with Crippen molar-refractivity contribution in [1.82, 2.24) is 14.6 Å². The zero-order valence-electron chi connectivity index (χ0n) is 21.7. The number of fused-ring (bicyclic) bond motifs is 1. The molecule has 8 nitrogen and oxygen atoms in total. The van der Waals surface area contributed by atoms with Crippen molar-refractivity contribution in [2.75, 3.05) is 5.32 Å². The molecule has 0 aliphatic heterocycles. The molecule has 0 bridgehead atoms. The van der Waals surface area contributed by atoms with Gasteiger partial charge in [-0.3, -0.25) is 14.4 Å². The number of nitrogens with zero attached hydrogens (tertiary/aromatic N) is 3. The number of carbonyl (C=O) groups excluding carboxylic acids is 2. The minimum absolute atomic E-state index is 0.0511. The van der Waals surface area contributed by atoms with E-state index in [2.05, 4.69) is 36.0 Å². The number of benzene rings is 1. The van der Waals surface area contributed by atoms with Crippen molar-refractivity contribution in [3.63, 3.8) is 0 Å². The number of unbranched alkanes of at least 4 members (excludes halogenated alkanes) is 1. The first-order chi connectivity index (χ1) is 17.2. The first-order valence-corrected chi connectivity index (χ1v) is 12.8. The predicted molar refractivity (Wildman–Crippen MR) is 140 cm³/mol. The molecule has 8 heteroatoms. The number of nitrogens with one attached hydrogen (secondary N) is 2. The zero-order valence-corrected chi connectivity index (χ0v) is 21.7. The maximum absolute atomic E-state index is 13.4. The van der Waals surface area contributed by atoms with Crippen molar-refractivity contribution in [3.8, 4) is 11.4 Å². The normalized spacial score (nSPS) is 21.8. The number of aromatic amines is 1. The third-order valence-electron chi connectivity index (χ3n) is 7.10. The van der Waals surface area contributed by atoms with E-state index in [4.69, 9.17) is 16.3 Å². The third-order valence-corrected chi connectivity index (χ3v) is 7.10. The van der Waals surface area contributed by atoms with Crippen LogP contribution in [0.3, 0.4) is 0 Å². The molecule has 2 heterocycles. The first kappa shape index (κ1) is 25.5. The Hall–Kier alpha value is -3.60. The molecule has 2 unspecified atom stereocenters. The Labute approximate surface area is 212 Å². The highest BCUT2D eigenvalue weighted by Crippen LogP contribution is 2.37. The summed E-state index contributed by atoms with van der Waals surface area (Å²) in [5.41, 5.74) is 3.09. The second-order valence-corrected chi connectivity index (χ2v) is 10.4. The van der Waals surface area contributed by atoms with Crippen LogP contribution in [0.4, 0.5) is 11.4 Å². The summed E-state index contributed by atoms with van der Waals surface area (Å²) in [6.45, 7) is 18.1. The van der Waals surface area contributed by atoms with Gasteiger partial charge in [-0.2, -0.15) is 0 Å². The van der Waals surface area contributed by atoms with Crippen LogP contribution in [0.2, 0.25) is 0 Å². The average molecular weight is 490 g/mol. The van der Waals surface area contributed by atoms with Crippen molar-refractivity contribution in [3.05, 3.63) is 46.9 Å². The highest BCUT2D eigenvalue weighted by molar-refractivity contribution is 6.03. The van der Waals surface area contributed by atoms with E-state index >= 15 is 0 Å². The molecule has 0 saturated heterocycles. The summed E-state index contributed by atoms with van der Waals surface area (Å²) in [4.78, 5) is 34.0. The number of esters is 1. The maximum atomic E-state index is 13.4. The monoisotopic (exact) mass is 489 g/mol. The van der Waals surface area contributed by atoms with Crippen molar-refractivity contribution in [2.24, 2.45) is 17.8 Å². The standard InChI is InChI=1S/C28H35N5O3/c1-7-8-9-23(34)30-21-11-10-16(2)14-20(21)26-31-27-24(22(29-6)15-33(27)32-26)28(35)36-25-18(4)12-17(3)13-19(25)5/h10-11,14-15,17-19,25H,7-9,12-13H2,1-5H3,(H,30,34)(H,31,32). The van der Waals surface area contributed by atoms with E-state index in [1.54, 1.807) is 10.7 Å². The molecular weight excluding hydrogens is 454 g/mol. The largest absolute Gasteiger partial charge is 0.459 e. The van der Waals surface area contributed by atoms with Gasteiger partial charge in [-0.15, -0.1) is 0 Å². The van der Waals surface area contributed by atoms with Crippen molar-refractivity contribution in [2.45, 2.75) is 72.8 Å². The van der Waals surface area contributed by atoms with E-state index in [1.165, 1.54) is 0 Å². The summed E-state index contributed by atoms with van der Waals surface area (Å²) >= 11 is 0. The molecule has 2 atom stereocenters. The lowest BCUT2D eigenvalue weighted by molar-refractivity contribution is -0.116. The molecule has 1 saturated carbocycles. The summed E-state index contributed by atoms with van der Waals surface area (Å²) in [5, 5.41) is 6.16. The highest BCUT2D eigenvalue weighted by atomic mass is 16.5. The van der Waals surface area contributed by atoms with Crippen LogP contribution < -0.4 is 5.32 Å². The highest BCUT2D eigenvalue weighted by Gasteiger charge is 2.35. The molecule has 2 N–H and O–H groups in total. The van der Waals surface area contributed by atoms with Crippen molar-refractivity contribution < 1.29 is 14.3 Å². The van der Waals surface area contributed by atoms with Crippen LogP contribution >= 0.6 is 0 Å². The topological polar surface area (TPSA) is 92.9 Å². The van der Waals surface area contributed by atoms with Gasteiger partial charge >= 0.3 is 5.97 Å². The Kier molecular flexibility index (Phi) is 7.48. The lowest BCUT2D eigenvalue weighted by Gasteiger charge is -2.37. The Bertz CT molecular complexity index is 1300. The maximum Gasteiger partial charge on any atom is 0.331 e. The smallest absolute Gasteiger partial charge is 0.331 e. The van der Waals surface area contributed by atoms with Gasteiger partial charge in [0.05, 0.1) is 12.3 Å². The molecule has 3 aromatic rings. The molecule has 190 valence electrons. The molecule has 1 aliphatic carbocycles. The molecule has 1 aliphatic rings. The fourth-order valence-corrected chi connectivity index (χ4v) is 5.45. The number of hydrogen-bond acceptors (Lipinski definition) is 4. The van der Waals surface area contributed by atoms with Crippen LogP contribution in [-0.4, -0.2) is 32.6 Å². The van der Waals surface area contributed by atoms with Gasteiger partial charge in [-0.05, 0) is 56.1 Å². The van der Waals surface area contributed by atoms with Gasteiger partial charge in [0.25, 0.3) is 0 Å². The number of amides is 1. The van der Waals surface area contributed by atoms with Crippen LogP contribution in [-0.2, 0) is 9.53 Å². The lowest BCUT2D eigenvalue weighted by Crippen LogP contribution is -2.37. The molecule has 36 heavy (non-hydrogen) atoms. The summed E-state index contributed by atoms with van der Waals surface area (Å²) in [7, 11) is 0. The summed E-state index contributed by atoms with van der Waals surface area (Å²) in [6, 6.07) is 5.73. The van der Waals surface area contributed by atoms with E-state index in [0.717, 1.165) is 36.8 Å². The minimum Gasteiger partial charge on any atom is -0.459 e. The number of aryl methyl sites for hydroxylation is 1. The summed E-state index contributed by atoms with van der Waals surface area (Å²) in [5.74, 6) is 1.04. The number of H-pyrrole nitrogens is 1. The average Bonchev–Trinajstić information content (AvgIpc) is 3.38. The molecule has 1 fully saturated rings. The molecule has 1 aromatic carbocycles. The number of ether oxygens (including phenoxy) is 1. The van der Waals surface area contributed by atoms with Crippen molar-refractivity contribution >= 4 is 28.9 Å². The van der Waals surface area contributed by atoms with Gasteiger partial charge in [0.15, 0.2) is 11.5 Å². The molecule has 0 spiro atoms. The molecule has 2 aromatic heterocycles. The van der Waals surface area contributed by atoms with Gasteiger partial charge < -0.3 is 10.1 Å². The van der Waals surface area contributed by atoms with Gasteiger partial charge in [0.2, 0.25) is 11.6 Å². The van der Waals surface area contributed by atoms with Crippen LogP contribution in [0.15, 0.2) is 24.4 Å². The second kappa shape index (κ2) is 10.6. The molecule has 0 radical (unpaired) electrons. The Morgan fingerprint density at radius 1 is 1.25 bits per heavy atom. The lowest BCUT2D eigenvalue weighted by atomic mass is 9.75. The van der Waals surface area contributed by atoms with Gasteiger partial charge in [-0.25, -0.2) is 14.6 Å². The van der Waals surface area contributed by atoms with E-state index in [0.29, 0.717) is 29.5 Å². The zero-order chi connectivity index (χ0) is 26.0. The number of hydrogen-bond donors (Lipinski definition) is 2. The SMILES string of the molecule is [C-]#[N+]c1cn2[nH]c(-c3cc(C)ccc3NC(=O)CCCC)nc2c1C(=O)OC1C(C)CC(C)CC1C. The van der Waals surface area contributed by atoms with Crippen LogP contribution in [0.1, 0.15) is 75.7 Å². The van der Waals surface area contributed by atoms with Crippen LogP contribution in [0.5, 0.6) is 0 Å². The summed E-state index contributed by atoms with van der Waals surface area (Å²) < 4.78 is 7.58. The Balaban J connectivity index is 1.68. The number of carbonyl (C=O) groups is 2. The van der Waals surface area contributed by atoms with E-state index in [9.17, 15) is 9.59 Å². The number of anilines is 1. The second-order valence-electron chi connectivity index (χ2n) is 10.4. The number of rotatable bonds is 7. The predicted octanol–water partition coefficient (Wildman–Crippen LogP) is 6.54. The minimum atomic E-state index is -0.517. The molecule has 1 amide bonds. The third kappa shape index (κ3) is 5.15. The quantitative estimate of drug-likeness (QED) is 0.291. The van der Waals surface area contributed by atoms with Gasteiger partial charge in [0.1, 0.15) is 11.7 Å². The fourth-order valence-electron chi connectivity index (χ4n) is 5.45. The first-order valence-electron chi connectivity index (χ1n) is 12.8. The van der Waals surface area contributed by atoms with E-state index in [1.807, 2.05) is 32.0 Å². The van der Waals surface area contributed by atoms with Crippen molar-refractivity contribution in [1.29, 1.82) is 0 Å². The van der Waals surface area contributed by atoms with Crippen LogP contribution in [0.25, 0.3) is 21.9 Å². The molecular formula is C28H35N5O3. The van der Waals surface area contributed by atoms with E-state index in [-0.39, 0.29) is 35.1 Å². The van der Waals surface area contributed by atoms with Gasteiger partial charge in [-0.1, -0.05) is 45.7 Å². The van der Waals surface area contributed by atoms with E-state index < -0.39 is 5.97 Å². The number of aromatic nitrogens is 3. The summed E-state index contributed by atoms with van der Waals surface area (Å²) in [6.07, 6.45) is 5.61. The fraction of sp³-hybridized carbons (Fsp3) is 0.500. The molecule has 4 rings (SSSR count). The van der Waals surface area contributed by atoms with Gasteiger partial charge in [0, 0.05) is 18.2 Å².